The number of ketones is 1. The van der Waals surface area contributed by atoms with Crippen molar-refractivity contribution in [3.05, 3.63) is 53.7 Å². The van der Waals surface area contributed by atoms with E-state index in [2.05, 4.69) is 33.6 Å². The fourth-order valence-corrected chi connectivity index (χ4v) is 4.18. The Morgan fingerprint density at radius 2 is 2.10 bits per heavy atom. The zero-order valence-electron chi connectivity index (χ0n) is 16.7. The number of carbonyl (C=O) groups is 1. The Kier molecular flexibility index (Phi) is 3.99. The van der Waals surface area contributed by atoms with Crippen LogP contribution in [0.1, 0.15) is 30.9 Å². The molecular formula is C23H21N5O2. The maximum atomic E-state index is 11.4. The van der Waals surface area contributed by atoms with Crippen LogP contribution in [-0.2, 0) is 4.79 Å². The van der Waals surface area contributed by atoms with Gasteiger partial charge in [0.25, 0.3) is 0 Å². The maximum Gasteiger partial charge on any atom is 0.222 e. The van der Waals surface area contributed by atoms with Gasteiger partial charge in [-0.15, -0.1) is 0 Å². The van der Waals surface area contributed by atoms with Crippen LogP contribution < -0.4 is 16.2 Å². The summed E-state index contributed by atoms with van der Waals surface area (Å²) in [5, 5.41) is 1.76. The molecule has 1 aliphatic rings. The molecule has 3 heterocycles. The van der Waals surface area contributed by atoms with Gasteiger partial charge in [0.1, 0.15) is 11.6 Å². The van der Waals surface area contributed by atoms with Gasteiger partial charge in [-0.05, 0) is 36.8 Å². The van der Waals surface area contributed by atoms with Crippen molar-refractivity contribution in [3.8, 4) is 11.4 Å². The first-order valence-electron chi connectivity index (χ1n) is 9.75. The van der Waals surface area contributed by atoms with Gasteiger partial charge in [-0.1, -0.05) is 25.1 Å². The number of anilines is 2. The highest BCUT2D eigenvalue weighted by Crippen LogP contribution is 2.45. The first kappa shape index (κ1) is 18.2. The molecule has 0 radical (unpaired) electrons. The number of nitrogens with zero attached hydrogens (tertiary/aromatic N) is 3. The van der Waals surface area contributed by atoms with E-state index in [0.29, 0.717) is 23.3 Å². The zero-order valence-corrected chi connectivity index (χ0v) is 16.7. The molecule has 0 spiro atoms. The van der Waals surface area contributed by atoms with Crippen molar-refractivity contribution in [1.82, 2.24) is 14.5 Å². The minimum atomic E-state index is 0.0135. The molecule has 0 amide bonds. The Labute approximate surface area is 173 Å². The molecule has 4 N–H and O–H groups in total. The zero-order chi connectivity index (χ0) is 21.0. The van der Waals surface area contributed by atoms with Gasteiger partial charge >= 0.3 is 0 Å². The monoisotopic (exact) mass is 399 g/mol. The molecule has 0 saturated carbocycles. The average Bonchev–Trinajstić information content (AvgIpc) is 3.29. The average molecular weight is 399 g/mol. The third-order valence-corrected chi connectivity index (χ3v) is 5.50. The second kappa shape index (κ2) is 6.59. The lowest BCUT2D eigenvalue weighted by atomic mass is 9.98. The number of rotatable bonds is 3. The van der Waals surface area contributed by atoms with E-state index in [-0.39, 0.29) is 17.6 Å². The third-order valence-electron chi connectivity index (χ3n) is 5.50. The number of hydrogen-bond acceptors (Lipinski definition) is 6. The Morgan fingerprint density at radius 3 is 2.90 bits per heavy atom. The molecule has 0 aliphatic carbocycles. The quantitative estimate of drug-likeness (QED) is 0.507. The molecule has 1 aliphatic heterocycles. The molecule has 1 atom stereocenters. The topological polar surface area (TPSA) is 109 Å². The number of aromatic nitrogens is 3. The molecule has 4 aromatic rings. The third kappa shape index (κ3) is 2.70. The van der Waals surface area contributed by atoms with Gasteiger partial charge in [0, 0.05) is 23.1 Å². The van der Waals surface area contributed by atoms with Crippen molar-refractivity contribution < 1.29 is 9.53 Å². The predicted molar refractivity (Wildman–Crippen MR) is 119 cm³/mol. The van der Waals surface area contributed by atoms with Gasteiger partial charge in [0.05, 0.1) is 28.7 Å². The summed E-state index contributed by atoms with van der Waals surface area (Å²) in [5.41, 5.74) is 16.7. The van der Waals surface area contributed by atoms with Gasteiger partial charge in [-0.25, -0.2) is 4.98 Å². The normalized spacial score (nSPS) is 15.7. The highest BCUT2D eigenvalue weighted by molar-refractivity contribution is 6.00. The minimum Gasteiger partial charge on any atom is -0.492 e. The Morgan fingerprint density at radius 1 is 1.27 bits per heavy atom. The molecule has 30 heavy (non-hydrogen) atoms. The van der Waals surface area contributed by atoms with Crippen molar-refractivity contribution in [2.75, 3.05) is 18.1 Å². The summed E-state index contributed by atoms with van der Waals surface area (Å²) in [6, 6.07) is 10.1. The van der Waals surface area contributed by atoms with Gasteiger partial charge in [-0.3, -0.25) is 4.79 Å². The van der Waals surface area contributed by atoms with Crippen molar-refractivity contribution in [2.24, 2.45) is 0 Å². The first-order chi connectivity index (χ1) is 14.4. The summed E-state index contributed by atoms with van der Waals surface area (Å²) >= 11 is 0. The molecule has 2 aromatic heterocycles. The molecule has 5 rings (SSSR count). The van der Waals surface area contributed by atoms with Crippen molar-refractivity contribution in [1.29, 1.82) is 0 Å². The van der Waals surface area contributed by atoms with Gasteiger partial charge in [0.15, 0.2) is 5.78 Å². The van der Waals surface area contributed by atoms with E-state index in [0.717, 1.165) is 33.5 Å². The molecule has 150 valence electrons. The minimum absolute atomic E-state index is 0.0135. The number of ether oxygens (including phenoxy) is 1. The van der Waals surface area contributed by atoms with E-state index in [1.807, 2.05) is 30.5 Å². The molecule has 1 unspecified atom stereocenters. The fraction of sp³-hybridized carbons (Fsp3) is 0.174. The number of nitrogens with two attached hydrogens (primary N) is 2. The summed E-state index contributed by atoms with van der Waals surface area (Å²) in [5.74, 6) is 1.38. The number of benzene rings is 2. The van der Waals surface area contributed by atoms with Crippen LogP contribution in [0.4, 0.5) is 11.8 Å². The number of fused-ring (bicyclic) bond motifs is 4. The summed E-state index contributed by atoms with van der Waals surface area (Å²) in [6.45, 7) is 4.24. The van der Waals surface area contributed by atoms with Crippen molar-refractivity contribution in [3.63, 3.8) is 0 Å². The lowest BCUT2D eigenvalue weighted by molar-refractivity contribution is -0.112. The van der Waals surface area contributed by atoms with E-state index >= 15 is 0 Å². The lowest BCUT2D eigenvalue weighted by Crippen LogP contribution is -2.04. The lowest BCUT2D eigenvalue weighted by Gasteiger charge is -2.15. The van der Waals surface area contributed by atoms with Crippen LogP contribution in [0.15, 0.2) is 42.6 Å². The molecule has 7 heteroatoms. The molecular weight excluding hydrogens is 378 g/mol. The van der Waals surface area contributed by atoms with Crippen LogP contribution in [0.5, 0.6) is 5.75 Å². The van der Waals surface area contributed by atoms with Crippen LogP contribution >= 0.6 is 0 Å². The van der Waals surface area contributed by atoms with E-state index in [4.69, 9.17) is 16.2 Å². The largest absolute Gasteiger partial charge is 0.492 e. The van der Waals surface area contributed by atoms with E-state index in [1.165, 1.54) is 0 Å². The first-order valence-corrected chi connectivity index (χ1v) is 9.75. The van der Waals surface area contributed by atoms with Crippen LogP contribution in [-0.4, -0.2) is 26.9 Å². The van der Waals surface area contributed by atoms with Crippen molar-refractivity contribution >= 4 is 45.4 Å². The molecule has 2 aromatic carbocycles. The standard InChI is InChI=1S/C23H21N5O2/c1-12-11-30-21-19(12)18(10-16-20(21)22(24)27-23(25)26-16)28-9-8-15-14(7-6-13(2)29)4-3-5-17(15)28/h3-10,12H,11H2,1-2H3,(H4,24,25,26,27)/b7-6+. The SMILES string of the molecule is CC(=O)/C=C/c1cccc2c1ccn2-c1cc2nc(N)nc(N)c2c2c1C(C)CO2. The van der Waals surface area contributed by atoms with Crippen LogP contribution in [0.2, 0.25) is 0 Å². The smallest absolute Gasteiger partial charge is 0.222 e. The Bertz CT molecular complexity index is 1370. The number of nitrogen functional groups attached to an aromatic ring is 2. The second-order valence-corrected chi connectivity index (χ2v) is 7.62. The van der Waals surface area contributed by atoms with Crippen molar-refractivity contribution in [2.45, 2.75) is 19.8 Å². The summed E-state index contributed by atoms with van der Waals surface area (Å²) in [4.78, 5) is 19.9. The Balaban J connectivity index is 1.80. The molecule has 0 bridgehead atoms. The molecule has 0 fully saturated rings. The van der Waals surface area contributed by atoms with Crippen LogP contribution in [0.3, 0.4) is 0 Å². The summed E-state index contributed by atoms with van der Waals surface area (Å²) in [7, 11) is 0. The summed E-state index contributed by atoms with van der Waals surface area (Å²) < 4.78 is 8.14. The van der Waals surface area contributed by atoms with E-state index in [1.54, 1.807) is 13.0 Å². The van der Waals surface area contributed by atoms with Gasteiger partial charge < -0.3 is 20.8 Å². The number of hydrogen-bond donors (Lipinski definition) is 2. The second-order valence-electron chi connectivity index (χ2n) is 7.62. The summed E-state index contributed by atoms with van der Waals surface area (Å²) in [6.07, 6.45) is 5.45. The van der Waals surface area contributed by atoms with Crippen LogP contribution in [0.25, 0.3) is 33.6 Å². The van der Waals surface area contributed by atoms with Gasteiger partial charge in [0.2, 0.25) is 5.95 Å². The fourth-order valence-electron chi connectivity index (χ4n) is 4.18. The van der Waals surface area contributed by atoms with Crippen LogP contribution in [0, 0.1) is 0 Å². The Hall–Kier alpha value is -3.87. The van der Waals surface area contributed by atoms with Gasteiger partial charge in [-0.2, -0.15) is 4.98 Å². The molecule has 7 nitrogen and oxygen atoms in total. The highest BCUT2D eigenvalue weighted by atomic mass is 16.5. The maximum absolute atomic E-state index is 11.4. The highest BCUT2D eigenvalue weighted by Gasteiger charge is 2.29. The molecule has 0 saturated heterocycles. The van der Waals surface area contributed by atoms with E-state index in [9.17, 15) is 4.79 Å². The van der Waals surface area contributed by atoms with E-state index < -0.39 is 0 Å². The number of allylic oxidation sites excluding steroid dienone is 1. The predicted octanol–water partition coefficient (Wildman–Crippen LogP) is 3.84. The number of carbonyl (C=O) groups excluding carboxylic acids is 1.